The number of hydrogen-bond donors (Lipinski definition) is 1. The van der Waals surface area contributed by atoms with Crippen LogP contribution in [0.2, 0.25) is 0 Å². The molecule has 3 nitrogen and oxygen atoms in total. The summed E-state index contributed by atoms with van der Waals surface area (Å²) in [5.41, 5.74) is 8.60. The zero-order valence-electron chi connectivity index (χ0n) is 8.50. The lowest BCUT2D eigenvalue weighted by Crippen LogP contribution is -2.21. The van der Waals surface area contributed by atoms with E-state index in [4.69, 9.17) is 5.73 Å². The van der Waals surface area contributed by atoms with E-state index in [-0.39, 0.29) is 11.4 Å². The van der Waals surface area contributed by atoms with Crippen LogP contribution in [0, 0.1) is 5.82 Å². The zero-order valence-corrected chi connectivity index (χ0v) is 8.50. The van der Waals surface area contributed by atoms with E-state index >= 15 is 0 Å². The number of nitrogens with two attached hydrogens (primary N) is 1. The van der Waals surface area contributed by atoms with Crippen molar-refractivity contribution in [2.45, 2.75) is 18.4 Å². The van der Waals surface area contributed by atoms with Crippen molar-refractivity contribution in [2.24, 2.45) is 12.8 Å². The van der Waals surface area contributed by atoms with Gasteiger partial charge in [0, 0.05) is 18.8 Å². The van der Waals surface area contributed by atoms with Crippen LogP contribution in [0.4, 0.5) is 4.39 Å². The van der Waals surface area contributed by atoms with E-state index < -0.39 is 0 Å². The number of nitrogens with zero attached hydrogens (tertiary/aromatic N) is 2. The van der Waals surface area contributed by atoms with Crippen LogP contribution in [0.15, 0.2) is 18.3 Å². The van der Waals surface area contributed by atoms with Crippen molar-refractivity contribution in [3.05, 3.63) is 29.8 Å². The van der Waals surface area contributed by atoms with Gasteiger partial charge >= 0.3 is 0 Å². The summed E-state index contributed by atoms with van der Waals surface area (Å²) in [7, 11) is 1.91. The van der Waals surface area contributed by atoms with E-state index in [9.17, 15) is 4.39 Å². The Balaban J connectivity index is 2.29. The van der Waals surface area contributed by atoms with Crippen LogP contribution in [0.25, 0.3) is 11.0 Å². The van der Waals surface area contributed by atoms with Crippen molar-refractivity contribution < 1.29 is 4.39 Å². The molecule has 4 heteroatoms. The number of halogens is 1. The maximum Gasteiger partial charge on any atom is 0.143 e. The van der Waals surface area contributed by atoms with Crippen molar-refractivity contribution >= 4 is 11.0 Å². The zero-order chi connectivity index (χ0) is 10.6. The fourth-order valence-corrected chi connectivity index (χ4v) is 2.04. The molecule has 2 aromatic rings. The van der Waals surface area contributed by atoms with Crippen LogP contribution < -0.4 is 5.73 Å². The summed E-state index contributed by atoms with van der Waals surface area (Å²) in [4.78, 5) is 4.05. The number of rotatable bonds is 1. The van der Waals surface area contributed by atoms with Gasteiger partial charge in [-0.3, -0.25) is 4.98 Å². The van der Waals surface area contributed by atoms with Crippen LogP contribution in [0.3, 0.4) is 0 Å². The van der Waals surface area contributed by atoms with Crippen LogP contribution in [0.1, 0.15) is 18.5 Å². The second-order valence-corrected chi connectivity index (χ2v) is 4.30. The van der Waals surface area contributed by atoms with Gasteiger partial charge in [0.1, 0.15) is 5.82 Å². The quantitative estimate of drug-likeness (QED) is 0.769. The third kappa shape index (κ3) is 1.18. The van der Waals surface area contributed by atoms with Gasteiger partial charge in [-0.05, 0) is 18.9 Å². The number of pyridine rings is 1. The van der Waals surface area contributed by atoms with Crippen LogP contribution >= 0.6 is 0 Å². The van der Waals surface area contributed by atoms with Gasteiger partial charge in [-0.25, -0.2) is 4.39 Å². The molecule has 2 heterocycles. The molecule has 0 bridgehead atoms. The molecule has 0 atom stereocenters. The van der Waals surface area contributed by atoms with Crippen molar-refractivity contribution in [3.63, 3.8) is 0 Å². The Morgan fingerprint density at radius 2 is 2.20 bits per heavy atom. The molecule has 0 saturated heterocycles. The van der Waals surface area contributed by atoms with E-state index in [2.05, 4.69) is 4.98 Å². The highest BCUT2D eigenvalue weighted by Crippen LogP contribution is 2.43. The highest BCUT2D eigenvalue weighted by Gasteiger charge is 2.42. The van der Waals surface area contributed by atoms with Gasteiger partial charge in [0.05, 0.1) is 22.8 Å². The Kier molecular flexibility index (Phi) is 1.52. The summed E-state index contributed by atoms with van der Waals surface area (Å²) in [6, 6.07) is 3.46. The number of aryl methyl sites for hydroxylation is 1. The number of hydrogen-bond acceptors (Lipinski definition) is 2. The second-order valence-electron chi connectivity index (χ2n) is 4.30. The third-order valence-corrected chi connectivity index (χ3v) is 3.16. The summed E-state index contributed by atoms with van der Waals surface area (Å²) < 4.78 is 15.0. The Morgan fingerprint density at radius 1 is 1.47 bits per heavy atom. The normalized spacial score (nSPS) is 18.3. The van der Waals surface area contributed by atoms with Crippen LogP contribution in [0.5, 0.6) is 0 Å². The SMILES string of the molecule is Cn1c(C2(N)CC2)cc2ncc(F)cc21. The molecule has 0 unspecified atom stereocenters. The molecule has 15 heavy (non-hydrogen) atoms. The number of fused-ring (bicyclic) bond motifs is 1. The molecule has 2 aromatic heterocycles. The molecule has 0 aromatic carbocycles. The Bertz CT molecular complexity index is 540. The summed E-state index contributed by atoms with van der Waals surface area (Å²) in [6.07, 6.45) is 3.24. The first-order valence-corrected chi connectivity index (χ1v) is 5.00. The first kappa shape index (κ1) is 8.85. The van der Waals surface area contributed by atoms with Gasteiger partial charge in [-0.15, -0.1) is 0 Å². The monoisotopic (exact) mass is 205 g/mol. The average molecular weight is 205 g/mol. The van der Waals surface area contributed by atoms with Gasteiger partial charge in [0.15, 0.2) is 0 Å². The van der Waals surface area contributed by atoms with Crippen molar-refractivity contribution in [1.82, 2.24) is 9.55 Å². The predicted octanol–water partition coefficient (Wildman–Crippen LogP) is 1.66. The predicted molar refractivity (Wildman–Crippen MR) is 55.8 cm³/mol. The Morgan fingerprint density at radius 3 is 2.87 bits per heavy atom. The molecule has 1 aliphatic rings. The molecule has 1 aliphatic carbocycles. The lowest BCUT2D eigenvalue weighted by atomic mass is 10.2. The van der Waals surface area contributed by atoms with E-state index in [0.29, 0.717) is 0 Å². The highest BCUT2D eigenvalue weighted by molar-refractivity contribution is 5.77. The van der Waals surface area contributed by atoms with Crippen LogP contribution in [-0.4, -0.2) is 9.55 Å². The summed E-state index contributed by atoms with van der Waals surface area (Å²) in [6.45, 7) is 0. The fraction of sp³-hybridized carbons (Fsp3) is 0.364. The lowest BCUT2D eigenvalue weighted by molar-refractivity contribution is 0.622. The summed E-state index contributed by atoms with van der Waals surface area (Å²) >= 11 is 0. The smallest absolute Gasteiger partial charge is 0.143 e. The molecular formula is C11H12FN3. The van der Waals surface area contributed by atoms with E-state index in [1.807, 2.05) is 17.7 Å². The Hall–Kier alpha value is -1.42. The maximum atomic E-state index is 13.0. The largest absolute Gasteiger partial charge is 0.345 e. The first-order chi connectivity index (χ1) is 7.10. The van der Waals surface area contributed by atoms with Crippen LogP contribution in [-0.2, 0) is 12.6 Å². The van der Waals surface area contributed by atoms with Crippen molar-refractivity contribution in [1.29, 1.82) is 0 Å². The lowest BCUT2D eigenvalue weighted by Gasteiger charge is -2.09. The van der Waals surface area contributed by atoms with E-state index in [0.717, 1.165) is 29.6 Å². The minimum absolute atomic E-state index is 0.202. The molecular weight excluding hydrogens is 193 g/mol. The maximum absolute atomic E-state index is 13.0. The summed E-state index contributed by atoms with van der Waals surface area (Å²) in [5, 5.41) is 0. The summed E-state index contributed by atoms with van der Waals surface area (Å²) in [5.74, 6) is -0.308. The standard InChI is InChI=1S/C11H12FN3/c1-15-9-4-7(12)6-14-8(9)5-10(15)11(13)2-3-11/h4-6H,2-3,13H2,1H3. The second kappa shape index (κ2) is 2.58. The minimum Gasteiger partial charge on any atom is -0.345 e. The fourth-order valence-electron chi connectivity index (χ4n) is 2.04. The molecule has 0 spiro atoms. The van der Waals surface area contributed by atoms with E-state index in [1.165, 1.54) is 12.3 Å². The average Bonchev–Trinajstić information content (AvgIpc) is 2.86. The van der Waals surface area contributed by atoms with Gasteiger partial charge in [0.2, 0.25) is 0 Å². The molecule has 78 valence electrons. The molecule has 0 aliphatic heterocycles. The molecule has 1 fully saturated rings. The highest BCUT2D eigenvalue weighted by atomic mass is 19.1. The topological polar surface area (TPSA) is 43.8 Å². The molecule has 0 amide bonds. The molecule has 2 N–H and O–H groups in total. The third-order valence-electron chi connectivity index (χ3n) is 3.16. The van der Waals surface area contributed by atoms with Crippen molar-refractivity contribution in [3.8, 4) is 0 Å². The number of aromatic nitrogens is 2. The molecule has 3 rings (SSSR count). The Labute approximate surface area is 86.7 Å². The molecule has 0 radical (unpaired) electrons. The van der Waals surface area contributed by atoms with E-state index in [1.54, 1.807) is 0 Å². The van der Waals surface area contributed by atoms with Crippen molar-refractivity contribution in [2.75, 3.05) is 0 Å². The molecule has 1 saturated carbocycles. The first-order valence-electron chi connectivity index (χ1n) is 5.00. The van der Waals surface area contributed by atoms with Gasteiger partial charge in [-0.1, -0.05) is 0 Å². The van der Waals surface area contributed by atoms with Gasteiger partial charge < -0.3 is 10.3 Å². The van der Waals surface area contributed by atoms with Gasteiger partial charge in [0.25, 0.3) is 0 Å². The van der Waals surface area contributed by atoms with Gasteiger partial charge in [-0.2, -0.15) is 0 Å². The minimum atomic E-state index is -0.308.